The maximum absolute atomic E-state index is 11.6. The van der Waals surface area contributed by atoms with E-state index in [2.05, 4.69) is 19.7 Å². The lowest BCUT2D eigenvalue weighted by Crippen LogP contribution is -2.49. The molecule has 1 fully saturated rings. The molecule has 0 bridgehead atoms. The number of esters is 1. The summed E-state index contributed by atoms with van der Waals surface area (Å²) in [6, 6.07) is 0. The van der Waals surface area contributed by atoms with E-state index in [4.69, 9.17) is 36.0 Å². The van der Waals surface area contributed by atoms with Crippen molar-refractivity contribution in [1.82, 2.24) is 19.5 Å². The topological polar surface area (TPSA) is 359 Å². The monoisotopic (exact) mass is 621 g/mol. The number of imidazole rings is 1. The number of carbonyl (C=O) groups excluding carboxylic acids is 2. The highest BCUT2D eigenvalue weighted by molar-refractivity contribution is 5.89. The zero-order valence-corrected chi connectivity index (χ0v) is 22.0. The van der Waals surface area contributed by atoms with Crippen molar-refractivity contribution in [2.45, 2.75) is 67.4 Å². The summed E-state index contributed by atoms with van der Waals surface area (Å²) in [4.78, 5) is 55.7. The van der Waals surface area contributed by atoms with Gasteiger partial charge in [0.1, 0.15) is 48.5 Å². The van der Waals surface area contributed by atoms with Gasteiger partial charge in [0.25, 0.3) is 0 Å². The Morgan fingerprint density at radius 1 is 1.07 bits per heavy atom. The van der Waals surface area contributed by atoms with Crippen molar-refractivity contribution >= 4 is 41.2 Å². The highest BCUT2D eigenvalue weighted by Gasteiger charge is 2.44. The van der Waals surface area contributed by atoms with Crippen molar-refractivity contribution in [2.24, 2.45) is 0 Å². The van der Waals surface area contributed by atoms with Gasteiger partial charge in [-0.05, 0) is 0 Å². The van der Waals surface area contributed by atoms with E-state index in [0.717, 1.165) is 0 Å². The second-order valence-corrected chi connectivity index (χ2v) is 9.22. The van der Waals surface area contributed by atoms with E-state index < -0.39 is 98.5 Å². The number of rotatable bonds is 13. The average Bonchev–Trinajstić information content (AvgIpc) is 3.51. The molecule has 3 rings (SSSR count). The number of carbonyl (C=O) groups is 4. The fourth-order valence-corrected chi connectivity index (χ4v) is 3.77. The van der Waals surface area contributed by atoms with Gasteiger partial charge in [-0.2, -0.15) is 0 Å². The third-order valence-electron chi connectivity index (χ3n) is 6.13. The number of fused-ring (bicyclic) bond motifs is 1. The number of anilines is 1. The van der Waals surface area contributed by atoms with Crippen molar-refractivity contribution in [3.05, 3.63) is 12.7 Å². The van der Waals surface area contributed by atoms with Gasteiger partial charge in [-0.25, -0.2) is 19.7 Å². The lowest BCUT2D eigenvalue weighted by molar-refractivity contribution is -0.179. The Balaban J connectivity index is 0.000000306. The van der Waals surface area contributed by atoms with Gasteiger partial charge in [0.15, 0.2) is 35.7 Å². The number of aliphatic hydroxyl groups excluding tert-OH is 7. The van der Waals surface area contributed by atoms with Crippen LogP contribution in [0.2, 0.25) is 0 Å². The standard InChI is InChI=1S/C12H18O12.C10H13N5O4/c13-3-5(15)9(19)10(20)6(4-14)24-8(18)2-12(23,11(21)22)1-7(16)17;11-8-5-9(13-2-12-8)15(3-14-5)10-7(18)6(17)4(1-16)19-10/h4-6,9-10,13,15,19-20,23H,1-3H2,(H,16,17)(H,21,22);2-4,6-7,10,16-18H,1H2,(H2,11,12,13)/t5-,6+,9-,10-,12?;4-,6-,7-,10-/m11/s1. The summed E-state index contributed by atoms with van der Waals surface area (Å²) in [7, 11) is 0. The summed E-state index contributed by atoms with van der Waals surface area (Å²) in [5.74, 6) is -5.08. The first-order valence-corrected chi connectivity index (χ1v) is 12.1. The number of carboxylic acid groups (broad SMARTS) is 2. The van der Waals surface area contributed by atoms with E-state index in [9.17, 15) is 44.7 Å². The molecule has 21 heteroatoms. The molecule has 43 heavy (non-hydrogen) atoms. The Labute approximate surface area is 240 Å². The molecule has 0 aromatic carbocycles. The molecule has 3 heterocycles. The molecule has 21 nitrogen and oxygen atoms in total. The van der Waals surface area contributed by atoms with Crippen LogP contribution in [0.15, 0.2) is 12.7 Å². The van der Waals surface area contributed by atoms with E-state index in [1.54, 1.807) is 0 Å². The number of aromatic nitrogens is 4. The maximum atomic E-state index is 11.6. The molecule has 2 aromatic heterocycles. The third kappa shape index (κ3) is 8.34. The van der Waals surface area contributed by atoms with Crippen molar-refractivity contribution in [3.8, 4) is 0 Å². The summed E-state index contributed by atoms with van der Waals surface area (Å²) in [5, 5.41) is 92.4. The number of ether oxygens (including phenoxy) is 2. The number of nitrogen functional groups attached to an aromatic ring is 1. The van der Waals surface area contributed by atoms with Crippen LogP contribution in [-0.2, 0) is 28.7 Å². The molecule has 2 aromatic rings. The molecular weight excluding hydrogens is 590 g/mol. The van der Waals surface area contributed by atoms with E-state index in [0.29, 0.717) is 11.2 Å². The van der Waals surface area contributed by atoms with Crippen LogP contribution >= 0.6 is 0 Å². The summed E-state index contributed by atoms with van der Waals surface area (Å²) >= 11 is 0. The second kappa shape index (κ2) is 15.0. The number of nitrogens with two attached hydrogens (primary N) is 1. The molecule has 0 spiro atoms. The summed E-state index contributed by atoms with van der Waals surface area (Å²) in [6.07, 6.45) is -12.4. The molecule has 240 valence electrons. The van der Waals surface area contributed by atoms with E-state index in [1.807, 2.05) is 0 Å². The summed E-state index contributed by atoms with van der Waals surface area (Å²) in [6.45, 7) is -1.37. The van der Waals surface area contributed by atoms with Crippen LogP contribution in [0.3, 0.4) is 0 Å². The van der Waals surface area contributed by atoms with E-state index in [-0.39, 0.29) is 12.1 Å². The van der Waals surface area contributed by atoms with Crippen LogP contribution in [0.5, 0.6) is 0 Å². The van der Waals surface area contributed by atoms with Gasteiger partial charge in [0.2, 0.25) is 0 Å². The smallest absolute Gasteiger partial charge is 0.336 e. The molecule has 12 N–H and O–H groups in total. The molecular formula is C22H31N5O16. The van der Waals surface area contributed by atoms with Crippen molar-refractivity contribution in [2.75, 3.05) is 18.9 Å². The number of aliphatic carboxylic acids is 2. The quantitative estimate of drug-likeness (QED) is 0.0731. The van der Waals surface area contributed by atoms with Gasteiger partial charge in [-0.3, -0.25) is 19.0 Å². The van der Waals surface area contributed by atoms with Gasteiger partial charge in [0.05, 0.1) is 32.4 Å². The number of aliphatic hydroxyl groups is 8. The minimum atomic E-state index is -3.01. The van der Waals surface area contributed by atoms with Gasteiger partial charge < -0.3 is 66.3 Å². The van der Waals surface area contributed by atoms with Crippen molar-refractivity contribution in [1.29, 1.82) is 0 Å². The minimum absolute atomic E-state index is 0.146. The first kappa shape index (κ1) is 35.3. The first-order valence-electron chi connectivity index (χ1n) is 12.1. The third-order valence-corrected chi connectivity index (χ3v) is 6.13. The lowest BCUT2D eigenvalue weighted by Gasteiger charge is -2.26. The van der Waals surface area contributed by atoms with Gasteiger partial charge in [-0.15, -0.1) is 0 Å². The fourth-order valence-electron chi connectivity index (χ4n) is 3.77. The van der Waals surface area contributed by atoms with Crippen LogP contribution in [0.25, 0.3) is 11.2 Å². The zero-order chi connectivity index (χ0) is 32.6. The average molecular weight is 622 g/mol. The molecule has 1 unspecified atom stereocenters. The Hall–Kier alpha value is -3.93. The zero-order valence-electron chi connectivity index (χ0n) is 22.0. The van der Waals surface area contributed by atoms with Gasteiger partial charge >= 0.3 is 17.9 Å². The van der Waals surface area contributed by atoms with Crippen LogP contribution in [0.4, 0.5) is 5.82 Å². The highest BCUT2D eigenvalue weighted by atomic mass is 16.6. The van der Waals surface area contributed by atoms with Crippen LogP contribution in [-0.4, -0.2) is 156 Å². The molecule has 9 atom stereocenters. The molecule has 0 amide bonds. The first-order chi connectivity index (χ1) is 20.1. The Bertz CT molecular complexity index is 1280. The summed E-state index contributed by atoms with van der Waals surface area (Å²) in [5.41, 5.74) is 3.43. The number of carboxylic acids is 2. The Morgan fingerprint density at radius 3 is 2.23 bits per heavy atom. The molecule has 1 aliphatic rings. The molecule has 1 aliphatic heterocycles. The van der Waals surface area contributed by atoms with Gasteiger partial charge in [0, 0.05) is 0 Å². The predicted molar refractivity (Wildman–Crippen MR) is 133 cm³/mol. The number of hydrogen-bond donors (Lipinski definition) is 11. The normalized spacial score (nSPS) is 24.1. The summed E-state index contributed by atoms with van der Waals surface area (Å²) < 4.78 is 11.2. The molecule has 0 saturated carbocycles. The van der Waals surface area contributed by atoms with E-state index >= 15 is 0 Å². The maximum Gasteiger partial charge on any atom is 0.336 e. The minimum Gasteiger partial charge on any atom is -0.481 e. The number of aldehydes is 1. The largest absolute Gasteiger partial charge is 0.481 e. The fraction of sp³-hybridized carbons (Fsp3) is 0.591. The number of nitrogens with zero attached hydrogens (tertiary/aromatic N) is 4. The van der Waals surface area contributed by atoms with Crippen LogP contribution in [0.1, 0.15) is 19.1 Å². The SMILES string of the molecule is Nc1ncnc2c1ncn2[C@@H]1O[C@H](CO)[C@@H](O)[C@H]1O.O=C[C@H](OC(=O)CC(O)(CC(=O)O)C(=O)O)[C@@H](O)[C@H](O)[C@H](O)CO. The van der Waals surface area contributed by atoms with Gasteiger partial charge in [-0.1, -0.05) is 0 Å². The van der Waals surface area contributed by atoms with E-state index in [1.165, 1.54) is 17.2 Å². The highest BCUT2D eigenvalue weighted by Crippen LogP contribution is 2.31. The van der Waals surface area contributed by atoms with Crippen molar-refractivity contribution in [3.63, 3.8) is 0 Å². The predicted octanol–water partition coefficient (Wildman–Crippen LogP) is -6.13. The lowest BCUT2D eigenvalue weighted by atomic mass is 9.96. The second-order valence-electron chi connectivity index (χ2n) is 9.22. The Kier molecular flexibility index (Phi) is 12.3. The van der Waals surface area contributed by atoms with Crippen LogP contribution in [0, 0.1) is 0 Å². The van der Waals surface area contributed by atoms with Crippen LogP contribution < -0.4 is 5.73 Å². The molecule has 0 radical (unpaired) electrons. The molecule has 1 saturated heterocycles. The Morgan fingerprint density at radius 2 is 1.72 bits per heavy atom. The molecule has 0 aliphatic carbocycles. The number of hydrogen-bond acceptors (Lipinski definition) is 18. The van der Waals surface area contributed by atoms with Crippen molar-refractivity contribution < 1.29 is 79.7 Å².